The van der Waals surface area contributed by atoms with E-state index in [4.69, 9.17) is 9.47 Å². The van der Waals surface area contributed by atoms with Crippen molar-refractivity contribution < 1.29 is 19.1 Å². The Morgan fingerprint density at radius 2 is 1.79 bits per heavy atom. The Balaban J connectivity index is 1.67. The van der Waals surface area contributed by atoms with Gasteiger partial charge < -0.3 is 25.0 Å². The van der Waals surface area contributed by atoms with Crippen molar-refractivity contribution in [1.82, 2.24) is 10.6 Å². The quantitative estimate of drug-likeness (QED) is 0.662. The maximum absolute atomic E-state index is 13.1. The third-order valence-electron chi connectivity index (χ3n) is 5.85. The standard InChI is InChI=1S/C27H35N3O4/c1-20(26(31)28-18-21-11-13-23(14-12-21)30(2)3)25-10-6-7-15-33-16-17-34-19-22-8-4-5-9-24(22)27(32)29-25/h4-5,8-9,11-14,25H,1,6-7,10,15-19H2,2-3H3,(H,28,31)(H,29,32). The SMILES string of the molecule is C=C(C(=O)NCc1ccc(N(C)C)cc1)C1CCCCOCCOCc2ccccc2C(=O)N1. The lowest BCUT2D eigenvalue weighted by atomic mass is 10.00. The van der Waals surface area contributed by atoms with Gasteiger partial charge in [-0.3, -0.25) is 9.59 Å². The fraction of sp³-hybridized carbons (Fsp3) is 0.407. The molecule has 2 aromatic rings. The third kappa shape index (κ3) is 7.43. The van der Waals surface area contributed by atoms with E-state index in [1.54, 1.807) is 6.07 Å². The number of benzene rings is 2. The maximum atomic E-state index is 13.1. The van der Waals surface area contributed by atoms with Crippen LogP contribution in [0.2, 0.25) is 0 Å². The van der Waals surface area contributed by atoms with E-state index in [9.17, 15) is 9.59 Å². The number of ether oxygens (including phenoxy) is 2. The van der Waals surface area contributed by atoms with Gasteiger partial charge in [-0.05, 0) is 48.6 Å². The second-order valence-corrected chi connectivity index (χ2v) is 8.61. The van der Waals surface area contributed by atoms with Crippen molar-refractivity contribution in [2.45, 2.75) is 38.5 Å². The van der Waals surface area contributed by atoms with Crippen molar-refractivity contribution in [2.24, 2.45) is 0 Å². The zero-order valence-electron chi connectivity index (χ0n) is 20.1. The lowest BCUT2D eigenvalue weighted by Gasteiger charge is -2.22. The smallest absolute Gasteiger partial charge is 0.252 e. The molecule has 0 saturated heterocycles. The molecule has 1 aliphatic heterocycles. The number of amides is 2. The van der Waals surface area contributed by atoms with Crippen LogP contribution in [-0.4, -0.2) is 51.8 Å². The fourth-order valence-electron chi connectivity index (χ4n) is 3.76. The summed E-state index contributed by atoms with van der Waals surface area (Å²) in [5.74, 6) is -0.498. The average Bonchev–Trinajstić information content (AvgIpc) is 2.85. The Morgan fingerprint density at radius 1 is 1.06 bits per heavy atom. The Kier molecular flexibility index (Phi) is 9.67. The first kappa shape index (κ1) is 25.5. The van der Waals surface area contributed by atoms with Crippen LogP contribution in [0.4, 0.5) is 5.69 Å². The number of hydrogen-bond acceptors (Lipinski definition) is 5. The summed E-state index contributed by atoms with van der Waals surface area (Å²) < 4.78 is 11.3. The molecule has 0 aromatic heterocycles. The van der Waals surface area contributed by atoms with E-state index in [1.165, 1.54) is 0 Å². The number of nitrogens with one attached hydrogen (secondary N) is 2. The molecule has 34 heavy (non-hydrogen) atoms. The molecule has 1 aliphatic rings. The molecule has 0 aliphatic carbocycles. The Bertz CT molecular complexity index is 972. The van der Waals surface area contributed by atoms with Gasteiger partial charge in [0, 0.05) is 44.1 Å². The topological polar surface area (TPSA) is 79.9 Å². The highest BCUT2D eigenvalue weighted by Crippen LogP contribution is 2.16. The maximum Gasteiger partial charge on any atom is 0.252 e. The number of rotatable bonds is 5. The first-order valence-corrected chi connectivity index (χ1v) is 11.7. The van der Waals surface area contributed by atoms with Crippen LogP contribution in [0.3, 0.4) is 0 Å². The monoisotopic (exact) mass is 465 g/mol. The second-order valence-electron chi connectivity index (χ2n) is 8.61. The number of carbonyl (C=O) groups is 2. The van der Waals surface area contributed by atoms with Crippen LogP contribution in [0.15, 0.2) is 60.7 Å². The van der Waals surface area contributed by atoms with Gasteiger partial charge in [0.2, 0.25) is 5.91 Å². The summed E-state index contributed by atoms with van der Waals surface area (Å²) in [5, 5.41) is 5.96. The van der Waals surface area contributed by atoms with E-state index in [1.807, 2.05) is 61.5 Å². The van der Waals surface area contributed by atoms with Gasteiger partial charge in [-0.25, -0.2) is 0 Å². The first-order valence-electron chi connectivity index (χ1n) is 11.7. The van der Waals surface area contributed by atoms with Crippen LogP contribution in [0.1, 0.15) is 40.7 Å². The van der Waals surface area contributed by atoms with Gasteiger partial charge in [0.15, 0.2) is 0 Å². The fourth-order valence-corrected chi connectivity index (χ4v) is 3.76. The molecule has 1 heterocycles. The van der Waals surface area contributed by atoms with Crippen molar-refractivity contribution >= 4 is 17.5 Å². The third-order valence-corrected chi connectivity index (χ3v) is 5.85. The molecule has 1 atom stereocenters. The highest BCUT2D eigenvalue weighted by molar-refractivity contribution is 5.98. The van der Waals surface area contributed by atoms with Crippen LogP contribution in [0.5, 0.6) is 0 Å². The summed E-state index contributed by atoms with van der Waals surface area (Å²) in [6.45, 7) is 6.35. The number of nitrogens with zero attached hydrogens (tertiary/aromatic N) is 1. The number of anilines is 1. The summed E-state index contributed by atoms with van der Waals surface area (Å²) in [6.07, 6.45) is 2.24. The summed E-state index contributed by atoms with van der Waals surface area (Å²) >= 11 is 0. The minimum atomic E-state index is -0.472. The molecular formula is C27H35N3O4. The predicted octanol–water partition coefficient (Wildman–Crippen LogP) is 3.44. The molecule has 3 rings (SSSR count). The average molecular weight is 466 g/mol. The lowest BCUT2D eigenvalue weighted by Crippen LogP contribution is -2.41. The molecule has 0 bridgehead atoms. The molecule has 7 nitrogen and oxygen atoms in total. The minimum Gasteiger partial charge on any atom is -0.379 e. The van der Waals surface area contributed by atoms with E-state index in [0.29, 0.717) is 50.5 Å². The Hall–Kier alpha value is -3.16. The number of hydrogen-bond donors (Lipinski definition) is 2. The molecule has 182 valence electrons. The van der Waals surface area contributed by atoms with E-state index >= 15 is 0 Å². The second kappa shape index (κ2) is 12.9. The zero-order valence-corrected chi connectivity index (χ0v) is 20.1. The molecule has 2 aromatic carbocycles. The normalized spacial score (nSPS) is 17.6. The van der Waals surface area contributed by atoms with Gasteiger partial charge in [0.25, 0.3) is 5.91 Å². The van der Waals surface area contributed by atoms with Gasteiger partial charge in [0.05, 0.1) is 25.9 Å². The molecule has 2 N–H and O–H groups in total. The number of carbonyl (C=O) groups excluding carboxylic acids is 2. The van der Waals surface area contributed by atoms with Crippen LogP contribution >= 0.6 is 0 Å². The van der Waals surface area contributed by atoms with Gasteiger partial charge in [-0.15, -0.1) is 0 Å². The van der Waals surface area contributed by atoms with Crippen molar-refractivity contribution in [3.63, 3.8) is 0 Å². The van der Waals surface area contributed by atoms with Gasteiger partial charge in [-0.1, -0.05) is 36.9 Å². The predicted molar refractivity (Wildman–Crippen MR) is 134 cm³/mol. The van der Waals surface area contributed by atoms with Crippen LogP contribution in [0, 0.1) is 0 Å². The molecule has 0 fully saturated rings. The van der Waals surface area contributed by atoms with E-state index < -0.39 is 6.04 Å². The largest absolute Gasteiger partial charge is 0.379 e. The Morgan fingerprint density at radius 3 is 2.56 bits per heavy atom. The van der Waals surface area contributed by atoms with Gasteiger partial charge >= 0.3 is 0 Å². The van der Waals surface area contributed by atoms with Gasteiger partial charge in [0.1, 0.15) is 0 Å². The van der Waals surface area contributed by atoms with Crippen LogP contribution < -0.4 is 15.5 Å². The Labute approximate surface area is 202 Å². The molecule has 0 radical (unpaired) electrons. The van der Waals surface area contributed by atoms with Crippen LogP contribution in [0.25, 0.3) is 0 Å². The zero-order chi connectivity index (χ0) is 24.3. The number of fused-ring (bicyclic) bond motifs is 1. The summed E-state index contributed by atoms with van der Waals surface area (Å²) in [6, 6.07) is 14.9. The van der Waals surface area contributed by atoms with Gasteiger partial charge in [-0.2, -0.15) is 0 Å². The van der Waals surface area contributed by atoms with E-state index in [0.717, 1.165) is 29.7 Å². The first-order chi connectivity index (χ1) is 16.5. The lowest BCUT2D eigenvalue weighted by molar-refractivity contribution is -0.117. The van der Waals surface area contributed by atoms with Crippen molar-refractivity contribution in [3.8, 4) is 0 Å². The van der Waals surface area contributed by atoms with E-state index in [-0.39, 0.29) is 11.8 Å². The summed E-state index contributed by atoms with van der Waals surface area (Å²) in [5.41, 5.74) is 3.77. The molecule has 1 unspecified atom stereocenters. The van der Waals surface area contributed by atoms with E-state index in [2.05, 4.69) is 17.2 Å². The highest BCUT2D eigenvalue weighted by atomic mass is 16.5. The molecular weight excluding hydrogens is 430 g/mol. The van der Waals surface area contributed by atoms with Crippen molar-refractivity contribution in [3.05, 3.63) is 77.4 Å². The molecule has 0 spiro atoms. The summed E-state index contributed by atoms with van der Waals surface area (Å²) in [4.78, 5) is 28.0. The minimum absolute atomic E-state index is 0.231. The highest BCUT2D eigenvalue weighted by Gasteiger charge is 2.23. The summed E-state index contributed by atoms with van der Waals surface area (Å²) in [7, 11) is 3.97. The molecule has 0 saturated carbocycles. The van der Waals surface area contributed by atoms with Crippen molar-refractivity contribution in [1.29, 1.82) is 0 Å². The molecule has 7 heteroatoms. The van der Waals surface area contributed by atoms with Crippen molar-refractivity contribution in [2.75, 3.05) is 38.8 Å². The molecule has 2 amide bonds. The van der Waals surface area contributed by atoms with Crippen LogP contribution in [-0.2, 0) is 27.4 Å².